The second-order valence-corrected chi connectivity index (χ2v) is 4.19. The van der Waals surface area contributed by atoms with Crippen molar-refractivity contribution in [2.24, 2.45) is 0 Å². The van der Waals surface area contributed by atoms with Gasteiger partial charge in [0.2, 0.25) is 0 Å². The first-order chi connectivity index (χ1) is 6.72. The molecule has 0 radical (unpaired) electrons. The van der Waals surface area contributed by atoms with E-state index in [9.17, 15) is 4.39 Å². The first-order valence-electron chi connectivity index (χ1n) is 3.94. The van der Waals surface area contributed by atoms with Crippen LogP contribution in [0.15, 0.2) is 17.5 Å². The highest BCUT2D eigenvalue weighted by molar-refractivity contribution is 7.17. The summed E-state index contributed by atoms with van der Waals surface area (Å²) in [5, 5.41) is 10.8. The molecule has 70 valence electrons. The van der Waals surface area contributed by atoms with Crippen LogP contribution in [0, 0.1) is 17.1 Å². The van der Waals surface area contributed by atoms with Crippen molar-refractivity contribution in [3.8, 4) is 6.07 Å². The van der Waals surface area contributed by atoms with Crippen LogP contribution in [-0.4, -0.2) is 0 Å². The molecule has 0 saturated carbocycles. The molecule has 0 unspecified atom stereocenters. The maximum Gasteiger partial charge on any atom is 0.143 e. The smallest absolute Gasteiger partial charge is 0.143 e. The molecule has 0 atom stereocenters. The van der Waals surface area contributed by atoms with Gasteiger partial charge in [-0.1, -0.05) is 11.6 Å². The van der Waals surface area contributed by atoms with Crippen LogP contribution in [0.25, 0.3) is 10.1 Å². The van der Waals surface area contributed by atoms with Crippen molar-refractivity contribution < 1.29 is 4.39 Å². The molecule has 1 nitrogen and oxygen atoms in total. The standard InChI is InChI=1S/C10H5ClFNS/c11-7-3-6(1-2-13)4-9-10(7)8(12)5-14-9/h3-5H,1H2. The molecule has 0 N–H and O–H groups in total. The Bertz CT molecular complexity index is 527. The third kappa shape index (κ3) is 1.47. The molecule has 0 amide bonds. The molecule has 1 aromatic carbocycles. The van der Waals surface area contributed by atoms with Crippen LogP contribution in [0.2, 0.25) is 5.02 Å². The van der Waals surface area contributed by atoms with Crippen molar-refractivity contribution in [2.45, 2.75) is 6.42 Å². The van der Waals surface area contributed by atoms with Crippen LogP contribution in [0.5, 0.6) is 0 Å². The van der Waals surface area contributed by atoms with E-state index in [0.717, 1.165) is 10.3 Å². The molecule has 0 spiro atoms. The Morgan fingerprint density at radius 2 is 2.29 bits per heavy atom. The zero-order valence-corrected chi connectivity index (χ0v) is 8.62. The van der Waals surface area contributed by atoms with Gasteiger partial charge in [0.15, 0.2) is 0 Å². The van der Waals surface area contributed by atoms with E-state index < -0.39 is 0 Å². The van der Waals surface area contributed by atoms with E-state index in [1.165, 1.54) is 16.7 Å². The average Bonchev–Trinajstić information content (AvgIpc) is 2.48. The van der Waals surface area contributed by atoms with E-state index in [-0.39, 0.29) is 5.82 Å². The van der Waals surface area contributed by atoms with Gasteiger partial charge in [-0.15, -0.1) is 11.3 Å². The molecule has 0 saturated heterocycles. The van der Waals surface area contributed by atoms with Gasteiger partial charge in [0.05, 0.1) is 17.5 Å². The number of thiophene rings is 1. The summed E-state index contributed by atoms with van der Waals surface area (Å²) in [7, 11) is 0. The predicted octanol–water partition coefficient (Wildman–Crippen LogP) is 3.76. The van der Waals surface area contributed by atoms with Crippen LogP contribution in [0.1, 0.15) is 5.56 Å². The summed E-state index contributed by atoms with van der Waals surface area (Å²) in [4.78, 5) is 0. The Kier molecular flexibility index (Phi) is 2.40. The van der Waals surface area contributed by atoms with E-state index in [0.29, 0.717) is 16.8 Å². The summed E-state index contributed by atoms with van der Waals surface area (Å²) < 4.78 is 14.0. The third-order valence-corrected chi connectivity index (χ3v) is 3.12. The van der Waals surface area contributed by atoms with Gasteiger partial charge in [0, 0.05) is 15.5 Å². The predicted molar refractivity (Wildman–Crippen MR) is 56.1 cm³/mol. The Balaban J connectivity index is 2.69. The third-order valence-electron chi connectivity index (χ3n) is 1.93. The normalized spacial score (nSPS) is 10.4. The number of nitrogens with zero attached hydrogens (tertiary/aromatic N) is 1. The number of hydrogen-bond acceptors (Lipinski definition) is 2. The molecule has 0 aliphatic heterocycles. The van der Waals surface area contributed by atoms with Crippen LogP contribution >= 0.6 is 22.9 Å². The topological polar surface area (TPSA) is 23.8 Å². The highest BCUT2D eigenvalue weighted by Gasteiger charge is 2.09. The van der Waals surface area contributed by atoms with Crippen LogP contribution in [0.3, 0.4) is 0 Å². The van der Waals surface area contributed by atoms with Crippen molar-refractivity contribution in [3.63, 3.8) is 0 Å². The van der Waals surface area contributed by atoms with Crippen molar-refractivity contribution in [3.05, 3.63) is 33.9 Å². The number of rotatable bonds is 1. The Labute approximate surface area is 89.3 Å². The number of fused-ring (bicyclic) bond motifs is 1. The SMILES string of the molecule is N#CCc1cc(Cl)c2c(F)csc2c1. The summed E-state index contributed by atoms with van der Waals surface area (Å²) in [5.41, 5.74) is 0.826. The lowest BCUT2D eigenvalue weighted by molar-refractivity contribution is 0.644. The molecule has 2 aromatic rings. The molecular weight excluding hydrogens is 221 g/mol. The molecule has 2 rings (SSSR count). The highest BCUT2D eigenvalue weighted by atomic mass is 35.5. The van der Waals surface area contributed by atoms with Gasteiger partial charge in [-0.3, -0.25) is 0 Å². The Hall–Kier alpha value is -1.11. The molecule has 0 bridgehead atoms. The summed E-state index contributed by atoms with van der Waals surface area (Å²) in [5.74, 6) is -0.293. The lowest BCUT2D eigenvalue weighted by Gasteiger charge is -1.98. The summed E-state index contributed by atoms with van der Waals surface area (Å²) in [6.07, 6.45) is 0.301. The molecule has 1 aromatic heterocycles. The van der Waals surface area contributed by atoms with E-state index in [1.807, 2.05) is 6.07 Å². The van der Waals surface area contributed by atoms with Gasteiger partial charge in [0.25, 0.3) is 0 Å². The molecule has 0 aliphatic carbocycles. The molecule has 4 heteroatoms. The van der Waals surface area contributed by atoms with Crippen molar-refractivity contribution >= 4 is 33.0 Å². The molecule has 1 heterocycles. The van der Waals surface area contributed by atoms with E-state index in [2.05, 4.69) is 0 Å². The van der Waals surface area contributed by atoms with Crippen LogP contribution in [-0.2, 0) is 6.42 Å². The summed E-state index contributed by atoms with van der Waals surface area (Å²) in [6.45, 7) is 0. The van der Waals surface area contributed by atoms with Gasteiger partial charge in [-0.05, 0) is 17.7 Å². The minimum atomic E-state index is -0.293. The fourth-order valence-electron chi connectivity index (χ4n) is 1.33. The largest absolute Gasteiger partial charge is 0.205 e. The van der Waals surface area contributed by atoms with Gasteiger partial charge >= 0.3 is 0 Å². The Morgan fingerprint density at radius 1 is 1.50 bits per heavy atom. The monoisotopic (exact) mass is 225 g/mol. The fourth-order valence-corrected chi connectivity index (χ4v) is 2.61. The van der Waals surface area contributed by atoms with Gasteiger partial charge < -0.3 is 0 Å². The maximum atomic E-state index is 13.2. The number of benzene rings is 1. The van der Waals surface area contributed by atoms with Crippen LogP contribution in [0.4, 0.5) is 4.39 Å². The average molecular weight is 226 g/mol. The summed E-state index contributed by atoms with van der Waals surface area (Å²) in [6, 6.07) is 5.48. The zero-order valence-electron chi connectivity index (χ0n) is 7.05. The van der Waals surface area contributed by atoms with Crippen LogP contribution < -0.4 is 0 Å². The van der Waals surface area contributed by atoms with Crippen molar-refractivity contribution in [2.75, 3.05) is 0 Å². The summed E-state index contributed by atoms with van der Waals surface area (Å²) >= 11 is 7.20. The first-order valence-corrected chi connectivity index (χ1v) is 5.20. The molecule has 14 heavy (non-hydrogen) atoms. The first kappa shape index (κ1) is 9.45. The highest BCUT2D eigenvalue weighted by Crippen LogP contribution is 2.32. The lowest BCUT2D eigenvalue weighted by Crippen LogP contribution is -1.81. The van der Waals surface area contributed by atoms with E-state index in [4.69, 9.17) is 16.9 Å². The number of halogens is 2. The quantitative estimate of drug-likeness (QED) is 0.725. The van der Waals surface area contributed by atoms with E-state index >= 15 is 0 Å². The molecule has 0 fully saturated rings. The minimum Gasteiger partial charge on any atom is -0.205 e. The molecule has 0 aliphatic rings. The second-order valence-electron chi connectivity index (χ2n) is 2.87. The zero-order chi connectivity index (χ0) is 10.1. The van der Waals surface area contributed by atoms with Crippen molar-refractivity contribution in [1.29, 1.82) is 5.26 Å². The fraction of sp³-hybridized carbons (Fsp3) is 0.100. The van der Waals surface area contributed by atoms with Gasteiger partial charge in [-0.2, -0.15) is 5.26 Å². The van der Waals surface area contributed by atoms with Gasteiger partial charge in [0.1, 0.15) is 5.82 Å². The van der Waals surface area contributed by atoms with E-state index in [1.54, 1.807) is 12.1 Å². The lowest BCUT2D eigenvalue weighted by atomic mass is 10.1. The maximum absolute atomic E-state index is 13.2. The Morgan fingerprint density at radius 3 is 3.00 bits per heavy atom. The van der Waals surface area contributed by atoms with Crippen molar-refractivity contribution in [1.82, 2.24) is 0 Å². The van der Waals surface area contributed by atoms with Gasteiger partial charge in [-0.25, -0.2) is 4.39 Å². The second kappa shape index (κ2) is 3.56. The number of hydrogen-bond donors (Lipinski definition) is 0. The molecular formula is C10H5ClFNS. The number of nitriles is 1. The minimum absolute atomic E-state index is 0.293.